The van der Waals surface area contributed by atoms with Gasteiger partial charge in [-0.05, 0) is 69.0 Å². The van der Waals surface area contributed by atoms with Crippen LogP contribution in [0.3, 0.4) is 0 Å². The van der Waals surface area contributed by atoms with Crippen LogP contribution < -0.4 is 4.90 Å². The van der Waals surface area contributed by atoms with Gasteiger partial charge in [-0.3, -0.25) is 0 Å². The van der Waals surface area contributed by atoms with Crippen LogP contribution in [0.15, 0.2) is 47.0 Å². The van der Waals surface area contributed by atoms with Crippen molar-refractivity contribution >= 4 is 34.9 Å². The van der Waals surface area contributed by atoms with Crippen LogP contribution in [0.1, 0.15) is 60.2 Å². The van der Waals surface area contributed by atoms with Gasteiger partial charge in [-0.15, -0.1) is 0 Å². The summed E-state index contributed by atoms with van der Waals surface area (Å²) in [7, 11) is 0. The number of hydrogen-bond donors (Lipinski definition) is 1. The Balaban J connectivity index is 1.20. The van der Waals surface area contributed by atoms with E-state index < -0.39 is 5.97 Å². The third-order valence-electron chi connectivity index (χ3n) is 7.80. The number of hydrogen-bond acceptors (Lipinski definition) is 5. The Morgan fingerprint density at radius 1 is 1.14 bits per heavy atom. The van der Waals surface area contributed by atoms with Gasteiger partial charge < -0.3 is 19.3 Å². The van der Waals surface area contributed by atoms with Gasteiger partial charge in [-0.2, -0.15) is 0 Å². The fraction of sp³-hybridized carbons (Fsp3) is 0.407. The third kappa shape index (κ3) is 4.02. The Labute approximate surface area is 213 Å². The van der Waals surface area contributed by atoms with Gasteiger partial charge in [0.1, 0.15) is 11.5 Å². The molecule has 6 nitrogen and oxygen atoms in total. The van der Waals surface area contributed by atoms with Crippen molar-refractivity contribution in [1.82, 2.24) is 5.16 Å². The van der Waals surface area contributed by atoms with E-state index in [-0.39, 0.29) is 6.10 Å². The summed E-state index contributed by atoms with van der Waals surface area (Å²) in [6, 6.07) is 13.3. The van der Waals surface area contributed by atoms with Gasteiger partial charge in [0.2, 0.25) is 0 Å². The van der Waals surface area contributed by atoms with E-state index in [1.54, 1.807) is 12.1 Å². The zero-order valence-corrected chi connectivity index (χ0v) is 20.8. The molecule has 2 bridgehead atoms. The van der Waals surface area contributed by atoms with Crippen LogP contribution in [0.4, 0.5) is 5.69 Å². The van der Waals surface area contributed by atoms with Crippen molar-refractivity contribution in [2.24, 2.45) is 5.92 Å². The quantitative estimate of drug-likeness (QED) is 0.375. The molecular formula is C27H26Cl2N2O4. The minimum absolute atomic E-state index is 0.140. The number of carboxylic acid groups (broad SMARTS) is 1. The van der Waals surface area contributed by atoms with Crippen molar-refractivity contribution in [3.05, 3.63) is 69.4 Å². The molecule has 1 aliphatic heterocycles. The van der Waals surface area contributed by atoms with E-state index in [4.69, 9.17) is 32.5 Å². The third-order valence-corrected chi connectivity index (χ3v) is 8.43. The second-order valence-electron chi connectivity index (χ2n) is 9.88. The van der Waals surface area contributed by atoms with Crippen LogP contribution in [0.25, 0.3) is 11.3 Å². The lowest BCUT2D eigenvalue weighted by atomic mass is 9.96. The fourth-order valence-corrected chi connectivity index (χ4v) is 6.51. The predicted molar refractivity (Wildman–Crippen MR) is 134 cm³/mol. The maximum absolute atomic E-state index is 11.2. The number of fused-ring (bicyclic) bond motifs is 2. The lowest BCUT2D eigenvalue weighted by Gasteiger charge is -2.38. The molecule has 2 saturated carbocycles. The van der Waals surface area contributed by atoms with Crippen molar-refractivity contribution in [1.29, 1.82) is 0 Å². The molecule has 1 saturated heterocycles. The highest BCUT2D eigenvalue weighted by molar-refractivity contribution is 6.39. The molecular weight excluding hydrogens is 487 g/mol. The maximum Gasteiger partial charge on any atom is 0.335 e. The molecule has 4 atom stereocenters. The SMILES string of the molecule is C[C@H]1[C@H]2C[C@H](C[C@@H]2OCc2c(-c3c(Cl)cccc3Cl)noc2C2CC2)N1c1ccc(C(=O)O)cc1. The number of aromatic nitrogens is 1. The van der Waals surface area contributed by atoms with Crippen molar-refractivity contribution < 1.29 is 19.2 Å². The second kappa shape index (κ2) is 8.84. The van der Waals surface area contributed by atoms with Gasteiger partial charge in [0.05, 0.1) is 28.3 Å². The largest absolute Gasteiger partial charge is 0.478 e. The Bertz CT molecular complexity index is 1250. The number of ether oxygens (including phenoxy) is 1. The number of carboxylic acids is 1. The topological polar surface area (TPSA) is 75.8 Å². The van der Waals surface area contributed by atoms with E-state index >= 15 is 0 Å². The molecule has 1 aromatic heterocycles. The first-order chi connectivity index (χ1) is 16.9. The van der Waals surface area contributed by atoms with Gasteiger partial charge in [0.25, 0.3) is 0 Å². The second-order valence-corrected chi connectivity index (χ2v) is 10.7. The van der Waals surface area contributed by atoms with E-state index in [1.807, 2.05) is 30.3 Å². The van der Waals surface area contributed by atoms with E-state index in [9.17, 15) is 9.90 Å². The molecule has 0 unspecified atom stereocenters. The summed E-state index contributed by atoms with van der Waals surface area (Å²) in [5.74, 6) is 0.778. The first kappa shape index (κ1) is 22.9. The molecule has 3 aromatic rings. The summed E-state index contributed by atoms with van der Waals surface area (Å²) >= 11 is 13.0. The van der Waals surface area contributed by atoms with E-state index in [0.29, 0.717) is 57.4 Å². The summed E-state index contributed by atoms with van der Waals surface area (Å²) in [6.45, 7) is 2.65. The van der Waals surface area contributed by atoms with Gasteiger partial charge in [0.15, 0.2) is 0 Å². The summed E-state index contributed by atoms with van der Waals surface area (Å²) < 4.78 is 12.3. The van der Waals surface area contributed by atoms with Crippen molar-refractivity contribution in [3.8, 4) is 11.3 Å². The summed E-state index contributed by atoms with van der Waals surface area (Å²) in [5.41, 5.74) is 3.71. The number of aromatic carboxylic acids is 1. The average molecular weight is 513 g/mol. The summed E-state index contributed by atoms with van der Waals surface area (Å²) in [5, 5.41) is 14.7. The van der Waals surface area contributed by atoms with Gasteiger partial charge in [-0.25, -0.2) is 4.79 Å². The number of carbonyl (C=O) groups is 1. The molecule has 6 rings (SSSR count). The van der Waals surface area contributed by atoms with Crippen LogP contribution in [0.2, 0.25) is 10.0 Å². The fourth-order valence-electron chi connectivity index (χ4n) is 5.93. The molecule has 35 heavy (non-hydrogen) atoms. The predicted octanol–water partition coefficient (Wildman–Crippen LogP) is 6.80. The molecule has 1 N–H and O–H groups in total. The smallest absolute Gasteiger partial charge is 0.335 e. The standard InChI is InChI=1S/C27H26Cl2N2O4/c1-14-19-11-18(31(14)17-9-7-16(8-10-17)27(32)33)12-23(19)34-13-20-25(30-35-26(20)15-5-6-15)24-21(28)3-2-4-22(24)29/h2-4,7-10,14-15,18-19,23H,5-6,11-13H2,1H3,(H,32,33)/t14-,18+,19+,23-/m0/s1. The maximum atomic E-state index is 11.2. The van der Waals surface area contributed by atoms with Gasteiger partial charge in [-0.1, -0.05) is 34.4 Å². The molecule has 2 aromatic carbocycles. The number of piperidine rings is 1. The molecule has 8 heteroatoms. The van der Waals surface area contributed by atoms with Gasteiger partial charge in [0, 0.05) is 40.7 Å². The first-order valence-electron chi connectivity index (χ1n) is 12.1. The minimum atomic E-state index is -0.905. The van der Waals surface area contributed by atoms with Crippen LogP contribution in [-0.2, 0) is 11.3 Å². The normalized spacial score (nSPS) is 25.4. The molecule has 0 radical (unpaired) electrons. The van der Waals surface area contributed by atoms with E-state index in [2.05, 4.69) is 17.0 Å². The minimum Gasteiger partial charge on any atom is -0.478 e. The number of nitrogens with zero attached hydrogens (tertiary/aromatic N) is 2. The highest BCUT2D eigenvalue weighted by Gasteiger charge is 2.50. The Kier molecular flexibility index (Phi) is 5.78. The molecule has 2 heterocycles. The Morgan fingerprint density at radius 2 is 1.86 bits per heavy atom. The monoisotopic (exact) mass is 512 g/mol. The lowest BCUT2D eigenvalue weighted by molar-refractivity contribution is 0.00367. The molecule has 3 fully saturated rings. The number of benzene rings is 2. The number of anilines is 1. The molecule has 3 aliphatic rings. The lowest BCUT2D eigenvalue weighted by Crippen LogP contribution is -2.45. The molecule has 182 valence electrons. The van der Waals surface area contributed by atoms with Gasteiger partial charge >= 0.3 is 5.97 Å². The van der Waals surface area contributed by atoms with Crippen LogP contribution in [-0.4, -0.2) is 34.4 Å². The highest BCUT2D eigenvalue weighted by Crippen LogP contribution is 2.49. The van der Waals surface area contributed by atoms with Crippen molar-refractivity contribution in [3.63, 3.8) is 0 Å². The number of halogens is 2. The summed E-state index contributed by atoms with van der Waals surface area (Å²) in [6.07, 6.45) is 4.33. The van der Waals surface area contributed by atoms with Crippen LogP contribution in [0.5, 0.6) is 0 Å². The highest BCUT2D eigenvalue weighted by atomic mass is 35.5. The van der Waals surface area contributed by atoms with Crippen LogP contribution >= 0.6 is 23.2 Å². The van der Waals surface area contributed by atoms with Crippen molar-refractivity contribution in [2.75, 3.05) is 4.90 Å². The number of rotatable bonds is 7. The molecule has 0 spiro atoms. The molecule has 2 aliphatic carbocycles. The van der Waals surface area contributed by atoms with Crippen molar-refractivity contribution in [2.45, 2.75) is 63.3 Å². The van der Waals surface area contributed by atoms with E-state index in [0.717, 1.165) is 42.7 Å². The Morgan fingerprint density at radius 3 is 2.49 bits per heavy atom. The molecule has 0 amide bonds. The van der Waals surface area contributed by atoms with Crippen LogP contribution in [0, 0.1) is 5.92 Å². The average Bonchev–Trinajstić information content (AvgIpc) is 3.34. The first-order valence-corrected chi connectivity index (χ1v) is 12.8. The zero-order chi connectivity index (χ0) is 24.3. The van der Waals surface area contributed by atoms with E-state index in [1.165, 1.54) is 0 Å². The summed E-state index contributed by atoms with van der Waals surface area (Å²) in [4.78, 5) is 13.6. The zero-order valence-electron chi connectivity index (χ0n) is 19.3. The Hall–Kier alpha value is -2.54.